The average Bonchev–Trinajstić information content (AvgIpc) is 2.68. The molecule has 0 aromatic heterocycles. The van der Waals surface area contributed by atoms with E-state index in [1.807, 2.05) is 12.1 Å². The maximum Gasteiger partial charge on any atom is 0.264 e. The molecule has 0 spiro atoms. The Morgan fingerprint density at radius 1 is 0.821 bits per heavy atom. The van der Waals surface area contributed by atoms with Gasteiger partial charge < -0.3 is 14.3 Å². The number of hydrogen-bond donors (Lipinski definition) is 1. The van der Waals surface area contributed by atoms with Crippen LogP contribution in [-0.4, -0.2) is 31.9 Å². The average molecular weight is 399 g/mol. The molecule has 1 N–H and O–H groups in total. The predicted octanol–water partition coefficient (Wildman–Crippen LogP) is 3.94. The van der Waals surface area contributed by atoms with Gasteiger partial charge in [0.05, 0.1) is 6.10 Å². The van der Waals surface area contributed by atoms with E-state index >= 15 is 0 Å². The third-order valence-electron chi connectivity index (χ3n) is 6.45. The van der Waals surface area contributed by atoms with Crippen molar-refractivity contribution in [3.8, 4) is 0 Å². The van der Waals surface area contributed by atoms with Crippen molar-refractivity contribution in [3.05, 3.63) is 60.7 Å². The lowest BCUT2D eigenvalue weighted by molar-refractivity contribution is -0.237. The highest BCUT2D eigenvalue weighted by Crippen LogP contribution is 2.40. The molecule has 1 fully saturated rings. The molecule has 2 unspecified atom stereocenters. The molecule has 0 amide bonds. The summed E-state index contributed by atoms with van der Waals surface area (Å²) in [7, 11) is -2.74. The van der Waals surface area contributed by atoms with Gasteiger partial charge in [0, 0.05) is 0 Å². The fourth-order valence-corrected chi connectivity index (χ4v) is 8.92. The summed E-state index contributed by atoms with van der Waals surface area (Å²) in [5.41, 5.74) is 0. The van der Waals surface area contributed by atoms with Crippen molar-refractivity contribution < 1.29 is 14.3 Å². The molecule has 0 saturated carbocycles. The second kappa shape index (κ2) is 8.11. The van der Waals surface area contributed by atoms with Crippen LogP contribution in [0.5, 0.6) is 0 Å². The topological polar surface area (TPSA) is 38.7 Å². The van der Waals surface area contributed by atoms with Crippen molar-refractivity contribution in [3.63, 3.8) is 0 Å². The summed E-state index contributed by atoms with van der Waals surface area (Å²) in [4.78, 5) is 0. The summed E-state index contributed by atoms with van der Waals surface area (Å²) in [5, 5.41) is 13.3. The van der Waals surface area contributed by atoms with Crippen LogP contribution < -0.4 is 10.4 Å². The molecule has 1 heterocycles. The summed E-state index contributed by atoms with van der Waals surface area (Å²) in [6, 6.07) is 21.0. The zero-order valence-electron chi connectivity index (χ0n) is 17.9. The molecule has 152 valence electrons. The lowest BCUT2D eigenvalue weighted by Crippen LogP contribution is -2.69. The molecule has 3 nitrogen and oxygen atoms in total. The van der Waals surface area contributed by atoms with Crippen LogP contribution in [-0.2, 0) is 9.16 Å². The molecule has 5 atom stereocenters. The number of aliphatic hydroxyl groups excluding tert-OH is 1. The Morgan fingerprint density at radius 2 is 1.29 bits per heavy atom. The molecule has 0 aliphatic carbocycles. The molecule has 0 bridgehead atoms. The fraction of sp³-hybridized carbons (Fsp3) is 0.500. The maximum atomic E-state index is 11.0. The van der Waals surface area contributed by atoms with Gasteiger partial charge in [-0.3, -0.25) is 0 Å². The van der Waals surface area contributed by atoms with E-state index in [0.29, 0.717) is 0 Å². The summed E-state index contributed by atoms with van der Waals surface area (Å²) in [5.74, 6) is 0.404. The predicted molar refractivity (Wildman–Crippen MR) is 117 cm³/mol. The molecule has 1 aliphatic rings. The molecular formula is C24H34O3Si. The van der Waals surface area contributed by atoms with Crippen molar-refractivity contribution in [2.75, 3.05) is 0 Å². The van der Waals surface area contributed by atoms with Crippen LogP contribution in [0, 0.1) is 11.8 Å². The molecule has 1 saturated heterocycles. The Bertz CT molecular complexity index is 717. The molecule has 0 radical (unpaired) electrons. The lowest BCUT2D eigenvalue weighted by Gasteiger charge is -2.49. The van der Waals surface area contributed by atoms with Crippen LogP contribution in [0.2, 0.25) is 5.04 Å². The smallest absolute Gasteiger partial charge is 0.264 e. The van der Waals surface area contributed by atoms with E-state index in [4.69, 9.17) is 9.16 Å². The van der Waals surface area contributed by atoms with E-state index in [0.717, 1.165) is 0 Å². The third kappa shape index (κ3) is 3.71. The zero-order valence-corrected chi connectivity index (χ0v) is 18.9. The first-order valence-electron chi connectivity index (χ1n) is 10.3. The summed E-state index contributed by atoms with van der Waals surface area (Å²) >= 11 is 0. The van der Waals surface area contributed by atoms with Crippen LogP contribution in [0.4, 0.5) is 0 Å². The van der Waals surface area contributed by atoms with E-state index < -0.39 is 20.7 Å². The van der Waals surface area contributed by atoms with Crippen molar-refractivity contribution in [2.24, 2.45) is 11.8 Å². The molecular weight excluding hydrogens is 364 g/mol. The maximum absolute atomic E-state index is 11.0. The number of ether oxygens (including phenoxy) is 1. The van der Waals surface area contributed by atoms with E-state index in [-0.39, 0.29) is 23.0 Å². The summed E-state index contributed by atoms with van der Waals surface area (Å²) < 4.78 is 13.2. The number of aliphatic hydroxyl groups is 1. The van der Waals surface area contributed by atoms with Crippen molar-refractivity contribution in [2.45, 2.75) is 65.1 Å². The van der Waals surface area contributed by atoms with Crippen molar-refractivity contribution in [1.29, 1.82) is 0 Å². The largest absolute Gasteiger partial charge is 0.388 e. The van der Waals surface area contributed by atoms with Crippen LogP contribution >= 0.6 is 0 Å². The van der Waals surface area contributed by atoms with Gasteiger partial charge in [0.15, 0.2) is 6.29 Å². The molecule has 2 aromatic rings. The highest BCUT2D eigenvalue weighted by molar-refractivity contribution is 6.99. The van der Waals surface area contributed by atoms with Crippen LogP contribution in [0.1, 0.15) is 41.5 Å². The van der Waals surface area contributed by atoms with Gasteiger partial charge in [0.25, 0.3) is 8.32 Å². The summed E-state index contributed by atoms with van der Waals surface area (Å²) in [6.07, 6.45) is -1.23. The first-order chi connectivity index (χ1) is 13.2. The first-order valence-corrected chi connectivity index (χ1v) is 12.2. The summed E-state index contributed by atoms with van der Waals surface area (Å²) in [6.45, 7) is 13.0. The van der Waals surface area contributed by atoms with Crippen LogP contribution in [0.25, 0.3) is 0 Å². The standard InChI is InChI=1S/C24H34O3Si/c1-17-18(2)22(25)23(26-19(17)3)27-28(24(4,5)6,20-13-9-7-10-14-20)21-15-11-8-12-16-21/h7-19,22-23,25H,1-6H3/t17-,18-,19?,22?,23-/m0/s1. The van der Waals surface area contributed by atoms with Gasteiger partial charge in [-0.15, -0.1) is 0 Å². The van der Waals surface area contributed by atoms with Gasteiger partial charge in [-0.1, -0.05) is 95.3 Å². The Kier molecular flexibility index (Phi) is 6.16. The van der Waals surface area contributed by atoms with Gasteiger partial charge >= 0.3 is 0 Å². The van der Waals surface area contributed by atoms with E-state index in [1.54, 1.807) is 0 Å². The Labute approximate surface area is 170 Å². The number of hydrogen-bond acceptors (Lipinski definition) is 3. The quantitative estimate of drug-likeness (QED) is 0.793. The second-order valence-corrected chi connectivity index (χ2v) is 13.5. The minimum atomic E-state index is -2.74. The normalized spacial score (nSPS) is 28.9. The molecule has 1 aliphatic heterocycles. The second-order valence-electron chi connectivity index (χ2n) is 9.20. The van der Waals surface area contributed by atoms with Crippen molar-refractivity contribution in [1.82, 2.24) is 0 Å². The molecule has 4 heteroatoms. The Hall–Kier alpha value is -1.46. The molecule has 3 rings (SSSR count). The minimum absolute atomic E-state index is 0.0432. The fourth-order valence-electron chi connectivity index (χ4n) is 4.37. The van der Waals surface area contributed by atoms with Crippen LogP contribution in [0.15, 0.2) is 60.7 Å². The zero-order chi connectivity index (χ0) is 20.5. The lowest BCUT2D eigenvalue weighted by atomic mass is 9.84. The van der Waals surface area contributed by atoms with Gasteiger partial charge in [-0.25, -0.2) is 0 Å². The Morgan fingerprint density at radius 3 is 1.71 bits per heavy atom. The minimum Gasteiger partial charge on any atom is -0.388 e. The molecule has 28 heavy (non-hydrogen) atoms. The number of rotatable bonds is 4. The van der Waals surface area contributed by atoms with E-state index in [2.05, 4.69) is 90.1 Å². The first kappa shape index (κ1) is 21.3. The number of benzene rings is 2. The highest BCUT2D eigenvalue weighted by atomic mass is 28.4. The van der Waals surface area contributed by atoms with Crippen LogP contribution in [0.3, 0.4) is 0 Å². The van der Waals surface area contributed by atoms with E-state index in [1.165, 1.54) is 10.4 Å². The van der Waals surface area contributed by atoms with Gasteiger partial charge in [-0.05, 0) is 34.2 Å². The third-order valence-corrected chi connectivity index (χ3v) is 11.4. The van der Waals surface area contributed by atoms with E-state index in [9.17, 15) is 5.11 Å². The monoisotopic (exact) mass is 398 g/mol. The SMILES string of the molecule is CC1O[C@@H](O[Si](c2ccccc2)(c2ccccc2)C(C)(C)C)C(O)[C@@H](C)[C@@H]1C. The Balaban J connectivity index is 2.14. The molecule has 2 aromatic carbocycles. The van der Waals surface area contributed by atoms with Gasteiger partial charge in [0.1, 0.15) is 6.10 Å². The van der Waals surface area contributed by atoms with Gasteiger partial charge in [0.2, 0.25) is 0 Å². The van der Waals surface area contributed by atoms with Gasteiger partial charge in [-0.2, -0.15) is 0 Å². The van der Waals surface area contributed by atoms with Crippen molar-refractivity contribution >= 4 is 18.7 Å². The highest BCUT2D eigenvalue weighted by Gasteiger charge is 2.54.